The highest BCUT2D eigenvalue weighted by atomic mass is 35.5. The first-order valence-corrected chi connectivity index (χ1v) is 6.64. The van der Waals surface area contributed by atoms with E-state index < -0.39 is 5.97 Å². The van der Waals surface area contributed by atoms with Crippen molar-refractivity contribution in [3.05, 3.63) is 34.9 Å². The van der Waals surface area contributed by atoms with Gasteiger partial charge in [-0.1, -0.05) is 23.7 Å². The van der Waals surface area contributed by atoms with Gasteiger partial charge in [0.1, 0.15) is 0 Å². The molecule has 0 aliphatic heterocycles. The molecule has 0 saturated heterocycles. The fraction of sp³-hybridized carbons (Fsp3) is 0.429. The summed E-state index contributed by atoms with van der Waals surface area (Å²) in [6.07, 6.45) is 1.94. The fourth-order valence-electron chi connectivity index (χ4n) is 2.11. The molecule has 0 spiro atoms. The average Bonchev–Trinajstić information content (AvgIpc) is 3.15. The molecule has 1 amide bonds. The van der Waals surface area contributed by atoms with Crippen LogP contribution in [-0.2, 0) is 15.0 Å². The molecule has 0 atom stereocenters. The van der Waals surface area contributed by atoms with Gasteiger partial charge in [0, 0.05) is 23.4 Å². The summed E-state index contributed by atoms with van der Waals surface area (Å²) >= 11 is 5.97. The summed E-state index contributed by atoms with van der Waals surface area (Å²) in [6, 6.07) is 7.68. The Kier molecular flexibility index (Phi) is 4.10. The molecule has 2 rings (SSSR count). The zero-order valence-corrected chi connectivity index (χ0v) is 11.2. The van der Waals surface area contributed by atoms with Crippen LogP contribution in [0.2, 0.25) is 5.02 Å². The van der Waals surface area contributed by atoms with Crippen LogP contribution in [0.3, 0.4) is 0 Å². The van der Waals surface area contributed by atoms with Crippen molar-refractivity contribution in [1.82, 2.24) is 5.32 Å². The van der Waals surface area contributed by atoms with Crippen molar-refractivity contribution < 1.29 is 14.7 Å². The van der Waals surface area contributed by atoms with E-state index in [1.165, 1.54) is 0 Å². The highest BCUT2D eigenvalue weighted by Crippen LogP contribution is 2.48. The number of halogens is 1. The smallest absolute Gasteiger partial charge is 0.303 e. The average molecular weight is 282 g/mol. The molecular formula is C14H16ClNO3. The second-order valence-electron chi connectivity index (χ2n) is 4.96. The Morgan fingerprint density at radius 1 is 1.32 bits per heavy atom. The van der Waals surface area contributed by atoms with Crippen LogP contribution in [0.5, 0.6) is 0 Å². The number of aliphatic carboxylic acids is 1. The maximum absolute atomic E-state index is 11.5. The minimum Gasteiger partial charge on any atom is -0.481 e. The van der Waals surface area contributed by atoms with Gasteiger partial charge >= 0.3 is 5.97 Å². The van der Waals surface area contributed by atoms with E-state index in [9.17, 15) is 9.59 Å². The van der Waals surface area contributed by atoms with Gasteiger partial charge in [0.05, 0.1) is 6.42 Å². The van der Waals surface area contributed by atoms with Gasteiger partial charge in [-0.05, 0) is 30.5 Å². The van der Waals surface area contributed by atoms with Crippen molar-refractivity contribution in [2.45, 2.75) is 31.1 Å². The van der Waals surface area contributed by atoms with E-state index in [1.807, 2.05) is 24.3 Å². The number of nitrogens with one attached hydrogen (secondary N) is 1. The summed E-state index contributed by atoms with van der Waals surface area (Å²) in [4.78, 5) is 21.9. The van der Waals surface area contributed by atoms with E-state index >= 15 is 0 Å². The first-order valence-electron chi connectivity index (χ1n) is 6.26. The van der Waals surface area contributed by atoms with Gasteiger partial charge in [0.15, 0.2) is 0 Å². The molecule has 1 aliphatic rings. The van der Waals surface area contributed by atoms with Crippen molar-refractivity contribution in [1.29, 1.82) is 0 Å². The Labute approximate surface area is 116 Å². The van der Waals surface area contributed by atoms with Crippen molar-refractivity contribution in [3.8, 4) is 0 Å². The van der Waals surface area contributed by atoms with Crippen molar-refractivity contribution in [3.63, 3.8) is 0 Å². The van der Waals surface area contributed by atoms with Gasteiger partial charge in [0.25, 0.3) is 0 Å². The van der Waals surface area contributed by atoms with Crippen LogP contribution in [0, 0.1) is 0 Å². The van der Waals surface area contributed by atoms with Crippen LogP contribution in [0.25, 0.3) is 0 Å². The summed E-state index contributed by atoms with van der Waals surface area (Å²) in [5.74, 6) is -1.16. The van der Waals surface area contributed by atoms with Crippen LogP contribution in [0.15, 0.2) is 24.3 Å². The van der Waals surface area contributed by atoms with Crippen molar-refractivity contribution in [2.24, 2.45) is 0 Å². The number of hydrogen-bond donors (Lipinski definition) is 2. The molecule has 1 saturated carbocycles. The minimum atomic E-state index is -0.953. The largest absolute Gasteiger partial charge is 0.481 e. The first kappa shape index (κ1) is 13.9. The number of benzene rings is 1. The molecule has 1 aliphatic carbocycles. The van der Waals surface area contributed by atoms with Gasteiger partial charge in [-0.3, -0.25) is 9.59 Å². The third-order valence-corrected chi connectivity index (χ3v) is 3.72. The monoisotopic (exact) mass is 281 g/mol. The Bertz CT molecular complexity index is 497. The molecule has 1 aromatic rings. The Morgan fingerprint density at radius 2 is 2.05 bits per heavy atom. The molecular weight excluding hydrogens is 266 g/mol. The predicted octanol–water partition coefficient (Wildman–Crippen LogP) is 2.35. The summed E-state index contributed by atoms with van der Waals surface area (Å²) in [7, 11) is 0. The zero-order chi connectivity index (χ0) is 13.9. The molecule has 0 bridgehead atoms. The van der Waals surface area contributed by atoms with E-state index in [4.69, 9.17) is 16.7 Å². The predicted molar refractivity (Wildman–Crippen MR) is 72.2 cm³/mol. The lowest BCUT2D eigenvalue weighted by atomic mass is 9.96. The van der Waals surface area contributed by atoms with Gasteiger partial charge in [-0.15, -0.1) is 0 Å². The molecule has 19 heavy (non-hydrogen) atoms. The molecule has 2 N–H and O–H groups in total. The third-order valence-electron chi connectivity index (χ3n) is 3.48. The highest BCUT2D eigenvalue weighted by Gasteiger charge is 2.44. The first-order chi connectivity index (χ1) is 9.02. The van der Waals surface area contributed by atoms with E-state index in [0.717, 1.165) is 18.4 Å². The lowest BCUT2D eigenvalue weighted by Gasteiger charge is -2.16. The van der Waals surface area contributed by atoms with Gasteiger partial charge in [-0.25, -0.2) is 0 Å². The van der Waals surface area contributed by atoms with Gasteiger partial charge < -0.3 is 10.4 Å². The normalized spacial score (nSPS) is 15.8. The van der Waals surface area contributed by atoms with Gasteiger partial charge in [-0.2, -0.15) is 0 Å². The van der Waals surface area contributed by atoms with Crippen LogP contribution in [0.4, 0.5) is 0 Å². The van der Waals surface area contributed by atoms with Crippen molar-refractivity contribution >= 4 is 23.5 Å². The molecule has 0 aromatic heterocycles. The maximum Gasteiger partial charge on any atom is 0.303 e. The standard InChI is InChI=1S/C14H16ClNO3/c15-11-3-1-2-10(8-11)14(6-7-14)9-16-12(17)4-5-13(18)19/h1-3,8H,4-7,9H2,(H,16,17)(H,18,19). The Hall–Kier alpha value is -1.55. The topological polar surface area (TPSA) is 66.4 Å². The summed E-state index contributed by atoms with van der Waals surface area (Å²) < 4.78 is 0. The van der Waals surface area contributed by atoms with Crippen molar-refractivity contribution in [2.75, 3.05) is 6.54 Å². The molecule has 5 heteroatoms. The van der Waals surface area contributed by atoms with E-state index in [-0.39, 0.29) is 24.2 Å². The number of carboxylic acids is 1. The molecule has 0 unspecified atom stereocenters. The summed E-state index contributed by atoms with van der Waals surface area (Å²) in [5.41, 5.74) is 1.13. The van der Waals surface area contributed by atoms with E-state index in [1.54, 1.807) is 0 Å². The van der Waals surface area contributed by atoms with E-state index in [0.29, 0.717) is 11.6 Å². The maximum atomic E-state index is 11.5. The quantitative estimate of drug-likeness (QED) is 0.841. The fourth-order valence-corrected chi connectivity index (χ4v) is 2.30. The molecule has 4 nitrogen and oxygen atoms in total. The summed E-state index contributed by atoms with van der Waals surface area (Å²) in [5, 5.41) is 12.0. The highest BCUT2D eigenvalue weighted by molar-refractivity contribution is 6.30. The zero-order valence-electron chi connectivity index (χ0n) is 10.5. The summed E-state index contributed by atoms with van der Waals surface area (Å²) in [6.45, 7) is 0.547. The Morgan fingerprint density at radius 3 is 2.63 bits per heavy atom. The second-order valence-corrected chi connectivity index (χ2v) is 5.40. The number of carbonyl (C=O) groups excluding carboxylic acids is 1. The lowest BCUT2D eigenvalue weighted by molar-refractivity contribution is -0.138. The number of amides is 1. The Balaban J connectivity index is 1.89. The second kappa shape index (κ2) is 5.61. The lowest BCUT2D eigenvalue weighted by Crippen LogP contribution is -2.32. The molecule has 102 valence electrons. The van der Waals surface area contributed by atoms with Crippen LogP contribution < -0.4 is 5.32 Å². The number of rotatable bonds is 6. The molecule has 0 radical (unpaired) electrons. The minimum absolute atomic E-state index is 0.0101. The van der Waals surface area contributed by atoms with Crippen LogP contribution in [-0.4, -0.2) is 23.5 Å². The van der Waals surface area contributed by atoms with Crippen LogP contribution >= 0.6 is 11.6 Å². The molecule has 1 fully saturated rings. The SMILES string of the molecule is O=C(O)CCC(=O)NCC1(c2cccc(Cl)c2)CC1. The van der Waals surface area contributed by atoms with E-state index in [2.05, 4.69) is 5.32 Å². The number of carboxylic acid groups (broad SMARTS) is 1. The third kappa shape index (κ3) is 3.70. The van der Waals surface area contributed by atoms with Crippen LogP contribution in [0.1, 0.15) is 31.2 Å². The number of carbonyl (C=O) groups is 2. The molecule has 0 heterocycles. The van der Waals surface area contributed by atoms with Gasteiger partial charge in [0.2, 0.25) is 5.91 Å². The molecule has 1 aromatic carbocycles. The number of hydrogen-bond acceptors (Lipinski definition) is 2.